The molecule has 0 amide bonds. The number of nitrogens with zero attached hydrogens (tertiary/aromatic N) is 2. The summed E-state index contributed by atoms with van der Waals surface area (Å²) in [5.41, 5.74) is 3.54. The summed E-state index contributed by atoms with van der Waals surface area (Å²) in [7, 11) is 0. The Kier molecular flexibility index (Phi) is 5.07. The second-order valence-electron chi connectivity index (χ2n) is 6.19. The van der Waals surface area contributed by atoms with Gasteiger partial charge in [-0.1, -0.05) is 46.4 Å². The average molecular weight is 427 g/mol. The molecule has 0 saturated heterocycles. The predicted molar refractivity (Wildman–Crippen MR) is 110 cm³/mol. The van der Waals surface area contributed by atoms with Crippen molar-refractivity contribution in [2.45, 2.75) is 19.3 Å². The normalized spacial score (nSPS) is 13.8. The SMILES string of the molecule is Clc1ccc(-n2nc(-c3cc(Cl)ccc3Cl)c3c2NCCCC3)c(Cl)c1. The van der Waals surface area contributed by atoms with E-state index in [-0.39, 0.29) is 0 Å². The lowest BCUT2D eigenvalue weighted by molar-refractivity contribution is 0.780. The van der Waals surface area contributed by atoms with Crippen LogP contribution in [-0.2, 0) is 6.42 Å². The summed E-state index contributed by atoms with van der Waals surface area (Å²) in [5, 5.41) is 10.7. The van der Waals surface area contributed by atoms with Crippen LogP contribution in [0.25, 0.3) is 16.9 Å². The molecule has 0 fully saturated rings. The quantitative estimate of drug-likeness (QED) is 0.482. The van der Waals surface area contributed by atoms with Gasteiger partial charge in [-0.05, 0) is 55.7 Å². The molecule has 1 aliphatic rings. The molecular formula is C19H15Cl4N3. The van der Waals surface area contributed by atoms with Crippen LogP contribution in [-0.4, -0.2) is 16.3 Å². The smallest absolute Gasteiger partial charge is 0.133 e. The summed E-state index contributed by atoms with van der Waals surface area (Å²) in [6, 6.07) is 10.8. The Balaban J connectivity index is 1.96. The molecule has 3 aromatic rings. The summed E-state index contributed by atoms with van der Waals surface area (Å²) < 4.78 is 1.84. The number of benzene rings is 2. The van der Waals surface area contributed by atoms with E-state index in [9.17, 15) is 0 Å². The first-order chi connectivity index (χ1) is 12.5. The number of halogens is 4. The molecule has 4 rings (SSSR count). The maximum Gasteiger partial charge on any atom is 0.133 e. The fraction of sp³-hybridized carbons (Fsp3) is 0.211. The van der Waals surface area contributed by atoms with Crippen molar-refractivity contribution in [2.24, 2.45) is 0 Å². The first-order valence-electron chi connectivity index (χ1n) is 8.31. The zero-order chi connectivity index (χ0) is 18.3. The Morgan fingerprint density at radius 1 is 0.885 bits per heavy atom. The van der Waals surface area contributed by atoms with Crippen LogP contribution >= 0.6 is 46.4 Å². The molecule has 26 heavy (non-hydrogen) atoms. The minimum Gasteiger partial charge on any atom is -0.370 e. The zero-order valence-corrected chi connectivity index (χ0v) is 16.7. The third-order valence-electron chi connectivity index (χ3n) is 4.45. The monoisotopic (exact) mass is 425 g/mol. The molecule has 3 nitrogen and oxygen atoms in total. The van der Waals surface area contributed by atoms with Gasteiger partial charge in [-0.15, -0.1) is 0 Å². The highest BCUT2D eigenvalue weighted by atomic mass is 35.5. The van der Waals surface area contributed by atoms with E-state index in [4.69, 9.17) is 51.5 Å². The van der Waals surface area contributed by atoms with E-state index in [0.717, 1.165) is 54.1 Å². The van der Waals surface area contributed by atoms with Crippen LogP contribution in [0.3, 0.4) is 0 Å². The number of hydrogen-bond acceptors (Lipinski definition) is 2. The fourth-order valence-corrected chi connectivity index (χ4v) is 4.09. The lowest BCUT2D eigenvalue weighted by Gasteiger charge is -2.10. The van der Waals surface area contributed by atoms with Gasteiger partial charge in [-0.25, -0.2) is 4.68 Å². The number of aromatic nitrogens is 2. The lowest BCUT2D eigenvalue weighted by Crippen LogP contribution is -2.07. The van der Waals surface area contributed by atoms with Gasteiger partial charge in [-0.3, -0.25) is 0 Å². The van der Waals surface area contributed by atoms with Gasteiger partial charge in [0.2, 0.25) is 0 Å². The van der Waals surface area contributed by atoms with Gasteiger partial charge in [0.25, 0.3) is 0 Å². The number of anilines is 1. The second kappa shape index (κ2) is 7.32. The van der Waals surface area contributed by atoms with Crippen LogP contribution < -0.4 is 5.32 Å². The third kappa shape index (κ3) is 3.29. The molecule has 0 atom stereocenters. The number of hydrogen-bond donors (Lipinski definition) is 1. The molecule has 0 saturated carbocycles. The molecule has 2 aromatic carbocycles. The van der Waals surface area contributed by atoms with Crippen molar-refractivity contribution in [1.82, 2.24) is 9.78 Å². The molecule has 1 aliphatic heterocycles. The van der Waals surface area contributed by atoms with Crippen molar-refractivity contribution in [3.63, 3.8) is 0 Å². The molecule has 0 aliphatic carbocycles. The minimum absolute atomic E-state index is 0.539. The van der Waals surface area contributed by atoms with Crippen molar-refractivity contribution in [3.8, 4) is 16.9 Å². The molecular weight excluding hydrogens is 412 g/mol. The highest BCUT2D eigenvalue weighted by Gasteiger charge is 2.24. The summed E-state index contributed by atoms with van der Waals surface area (Å²) in [6.07, 6.45) is 3.07. The molecule has 0 radical (unpaired) electrons. The van der Waals surface area contributed by atoms with Crippen molar-refractivity contribution in [3.05, 3.63) is 62.1 Å². The molecule has 2 heterocycles. The van der Waals surface area contributed by atoms with Gasteiger partial charge in [-0.2, -0.15) is 5.10 Å². The van der Waals surface area contributed by atoms with Gasteiger partial charge in [0, 0.05) is 27.7 Å². The summed E-state index contributed by atoms with van der Waals surface area (Å²) in [6.45, 7) is 0.882. The van der Waals surface area contributed by atoms with Crippen LogP contribution in [0.15, 0.2) is 36.4 Å². The Morgan fingerprint density at radius 2 is 1.65 bits per heavy atom. The highest BCUT2D eigenvalue weighted by Crippen LogP contribution is 2.39. The lowest BCUT2D eigenvalue weighted by atomic mass is 10.0. The van der Waals surface area contributed by atoms with E-state index in [2.05, 4.69) is 5.32 Å². The van der Waals surface area contributed by atoms with E-state index < -0.39 is 0 Å². The maximum absolute atomic E-state index is 6.45. The molecule has 0 bridgehead atoms. The second-order valence-corrected chi connectivity index (χ2v) is 7.88. The van der Waals surface area contributed by atoms with E-state index in [0.29, 0.717) is 20.1 Å². The van der Waals surface area contributed by atoms with Gasteiger partial charge in [0.1, 0.15) is 5.82 Å². The molecule has 1 N–H and O–H groups in total. The molecule has 134 valence electrons. The molecule has 0 spiro atoms. The van der Waals surface area contributed by atoms with Crippen LogP contribution in [0.5, 0.6) is 0 Å². The van der Waals surface area contributed by atoms with E-state index in [1.54, 1.807) is 24.3 Å². The Bertz CT molecular complexity index is 981. The van der Waals surface area contributed by atoms with E-state index in [1.807, 2.05) is 16.8 Å². The molecule has 7 heteroatoms. The zero-order valence-electron chi connectivity index (χ0n) is 13.7. The predicted octanol–water partition coefficient (Wildman–Crippen LogP) is 6.90. The molecule has 0 unspecified atom stereocenters. The first-order valence-corrected chi connectivity index (χ1v) is 9.82. The van der Waals surface area contributed by atoms with Crippen LogP contribution in [0.4, 0.5) is 5.82 Å². The van der Waals surface area contributed by atoms with Crippen molar-refractivity contribution in [2.75, 3.05) is 11.9 Å². The van der Waals surface area contributed by atoms with E-state index in [1.165, 1.54) is 0 Å². The van der Waals surface area contributed by atoms with E-state index >= 15 is 0 Å². The highest BCUT2D eigenvalue weighted by molar-refractivity contribution is 6.36. The van der Waals surface area contributed by atoms with Gasteiger partial charge < -0.3 is 5.32 Å². The summed E-state index contributed by atoms with van der Waals surface area (Å²) in [5.74, 6) is 0.942. The third-order valence-corrected chi connectivity index (χ3v) is 5.55. The van der Waals surface area contributed by atoms with Crippen molar-refractivity contribution >= 4 is 52.2 Å². The number of nitrogens with one attached hydrogen (secondary N) is 1. The minimum atomic E-state index is 0.539. The standard InChI is InChI=1S/C19H15Cl4N3/c20-11-4-6-15(22)14(9-11)18-13-3-1-2-8-24-19(13)26(25-18)17-7-5-12(21)10-16(17)23/h4-7,9-10,24H,1-3,8H2. The maximum atomic E-state index is 6.45. The molecule has 1 aromatic heterocycles. The Morgan fingerprint density at radius 3 is 2.46 bits per heavy atom. The Hall–Kier alpha value is -1.39. The van der Waals surface area contributed by atoms with Gasteiger partial charge >= 0.3 is 0 Å². The summed E-state index contributed by atoms with van der Waals surface area (Å²) >= 11 is 25.1. The largest absolute Gasteiger partial charge is 0.370 e. The van der Waals surface area contributed by atoms with Gasteiger partial charge in [0.05, 0.1) is 21.4 Å². The Labute approximate surface area is 171 Å². The van der Waals surface area contributed by atoms with Crippen LogP contribution in [0.1, 0.15) is 18.4 Å². The number of rotatable bonds is 2. The fourth-order valence-electron chi connectivity index (χ4n) is 3.23. The topological polar surface area (TPSA) is 29.9 Å². The first kappa shape index (κ1) is 18.0. The van der Waals surface area contributed by atoms with Crippen molar-refractivity contribution in [1.29, 1.82) is 0 Å². The van der Waals surface area contributed by atoms with Gasteiger partial charge in [0.15, 0.2) is 0 Å². The summed E-state index contributed by atoms with van der Waals surface area (Å²) in [4.78, 5) is 0. The average Bonchev–Trinajstić information content (AvgIpc) is 2.78. The van der Waals surface area contributed by atoms with Crippen LogP contribution in [0.2, 0.25) is 20.1 Å². The van der Waals surface area contributed by atoms with Crippen LogP contribution in [0, 0.1) is 0 Å². The number of fused-ring (bicyclic) bond motifs is 1. The van der Waals surface area contributed by atoms with Crippen molar-refractivity contribution < 1.29 is 0 Å².